The number of hydrogen-bond acceptors (Lipinski definition) is 8. The van der Waals surface area contributed by atoms with Gasteiger partial charge >= 0.3 is 6.09 Å². The molecule has 4 aromatic rings. The summed E-state index contributed by atoms with van der Waals surface area (Å²) in [6.45, 7) is 3.43. The van der Waals surface area contributed by atoms with Crippen LogP contribution in [0.3, 0.4) is 0 Å². The van der Waals surface area contributed by atoms with Crippen molar-refractivity contribution in [2.75, 3.05) is 44.3 Å². The van der Waals surface area contributed by atoms with Crippen molar-refractivity contribution in [1.29, 1.82) is 0 Å². The van der Waals surface area contributed by atoms with E-state index in [-0.39, 0.29) is 25.3 Å². The van der Waals surface area contributed by atoms with Gasteiger partial charge in [0, 0.05) is 42.5 Å². The zero-order valence-electron chi connectivity index (χ0n) is 22.6. The number of anilines is 1. The Hall–Kier alpha value is -3.83. The highest BCUT2D eigenvalue weighted by Crippen LogP contribution is 2.40. The minimum Gasteiger partial charge on any atom is -0.491 e. The molecule has 2 saturated heterocycles. The van der Waals surface area contributed by atoms with Crippen LogP contribution in [-0.4, -0.2) is 71.3 Å². The van der Waals surface area contributed by atoms with Gasteiger partial charge in [0.15, 0.2) is 0 Å². The maximum Gasteiger partial charge on any atom is 0.415 e. The maximum absolute atomic E-state index is 12.5. The Morgan fingerprint density at radius 2 is 1.76 bits per heavy atom. The lowest BCUT2D eigenvalue weighted by molar-refractivity contribution is -0.190. The van der Waals surface area contributed by atoms with Crippen LogP contribution in [0, 0.1) is 0 Å². The Bertz CT molecular complexity index is 1480. The van der Waals surface area contributed by atoms with E-state index in [9.17, 15) is 4.79 Å². The van der Waals surface area contributed by atoms with Gasteiger partial charge in [0.2, 0.25) is 5.79 Å². The molecule has 0 N–H and O–H groups in total. The van der Waals surface area contributed by atoms with E-state index in [4.69, 9.17) is 42.1 Å². The van der Waals surface area contributed by atoms with Gasteiger partial charge in [-0.15, -0.1) is 0 Å². The topological polar surface area (TPSA) is 91.2 Å². The Balaban J connectivity index is 1.03. The number of halogens is 2. The van der Waals surface area contributed by atoms with E-state index in [1.807, 2.05) is 42.5 Å². The van der Waals surface area contributed by atoms with Gasteiger partial charge in [-0.3, -0.25) is 0 Å². The molecule has 10 nitrogen and oxygen atoms in total. The first-order valence-corrected chi connectivity index (χ1v) is 14.3. The van der Waals surface area contributed by atoms with E-state index in [0.29, 0.717) is 59.9 Å². The average Bonchev–Trinajstić information content (AvgIpc) is 3.67. The molecule has 12 heteroatoms. The smallest absolute Gasteiger partial charge is 0.415 e. The van der Waals surface area contributed by atoms with Crippen LogP contribution in [0.2, 0.25) is 10.0 Å². The quantitative estimate of drug-likeness (QED) is 0.267. The highest BCUT2D eigenvalue weighted by Gasteiger charge is 2.45. The molecule has 6 rings (SSSR count). The molecule has 1 amide bonds. The summed E-state index contributed by atoms with van der Waals surface area (Å²) >= 11 is 12.7. The standard InChI is InChI=1S/C30H29Cl2N5O5/c31-22-6-11-27(28(32)16-22)30(19-37-21-33-20-34-37)40-18-26(42-30)17-39-24-9-7-23(8-10-24)35-12-14-36(15-13-35)29(38)41-25-4-2-1-3-5-25/h1-11,16,20-21,26H,12-15,17-19H2. The van der Waals surface area contributed by atoms with E-state index in [1.165, 1.54) is 6.33 Å². The molecule has 2 unspecified atom stereocenters. The molecular weight excluding hydrogens is 581 g/mol. The average molecular weight is 610 g/mol. The van der Waals surface area contributed by atoms with E-state index in [2.05, 4.69) is 15.0 Å². The maximum atomic E-state index is 12.5. The first-order chi connectivity index (χ1) is 20.5. The number of ether oxygens (including phenoxy) is 4. The van der Waals surface area contributed by atoms with Gasteiger partial charge in [0.25, 0.3) is 0 Å². The molecule has 2 aliphatic heterocycles. The molecule has 3 heterocycles. The Kier molecular flexibility index (Phi) is 8.48. The van der Waals surface area contributed by atoms with Gasteiger partial charge in [0.1, 0.15) is 43.4 Å². The Labute approximate surface area is 253 Å². The molecule has 2 aliphatic rings. The monoisotopic (exact) mass is 609 g/mol. The fourth-order valence-corrected chi connectivity index (χ4v) is 5.58. The van der Waals surface area contributed by atoms with Crippen LogP contribution in [0.5, 0.6) is 11.5 Å². The summed E-state index contributed by atoms with van der Waals surface area (Å²) in [5.41, 5.74) is 1.72. The second-order valence-corrected chi connectivity index (χ2v) is 10.8. The SMILES string of the molecule is O=C(Oc1ccccc1)N1CCN(c2ccc(OCC3COC(Cn4cncn4)(c4ccc(Cl)cc4Cl)O3)cc2)CC1. The van der Waals surface area contributed by atoms with Crippen LogP contribution in [-0.2, 0) is 21.8 Å². The lowest BCUT2D eigenvalue weighted by Gasteiger charge is -2.35. The number of amides is 1. The minimum absolute atomic E-state index is 0.261. The van der Waals surface area contributed by atoms with Crippen molar-refractivity contribution in [1.82, 2.24) is 19.7 Å². The Morgan fingerprint density at radius 1 is 0.976 bits per heavy atom. The summed E-state index contributed by atoms with van der Waals surface area (Å²) in [7, 11) is 0. The van der Waals surface area contributed by atoms with E-state index in [0.717, 1.165) is 5.69 Å². The normalized spacial score (nSPS) is 20.5. The van der Waals surface area contributed by atoms with Crippen molar-refractivity contribution < 1.29 is 23.7 Å². The van der Waals surface area contributed by atoms with Crippen molar-refractivity contribution >= 4 is 35.0 Å². The third-order valence-electron chi connectivity index (χ3n) is 7.16. The minimum atomic E-state index is -1.16. The summed E-state index contributed by atoms with van der Waals surface area (Å²) in [5, 5.41) is 5.17. The fourth-order valence-electron chi connectivity index (χ4n) is 5.03. The molecule has 0 saturated carbocycles. The van der Waals surface area contributed by atoms with Crippen LogP contribution >= 0.6 is 23.2 Å². The van der Waals surface area contributed by atoms with E-state index in [1.54, 1.807) is 46.2 Å². The molecular formula is C30H29Cl2N5O5. The van der Waals surface area contributed by atoms with Crippen molar-refractivity contribution in [2.24, 2.45) is 0 Å². The first-order valence-electron chi connectivity index (χ1n) is 13.6. The van der Waals surface area contributed by atoms with Gasteiger partial charge in [-0.05, 0) is 48.5 Å². The largest absolute Gasteiger partial charge is 0.491 e. The number of benzene rings is 3. The van der Waals surface area contributed by atoms with Crippen LogP contribution < -0.4 is 14.4 Å². The lowest BCUT2D eigenvalue weighted by atomic mass is 10.1. The fraction of sp³-hybridized carbons (Fsp3) is 0.300. The second kappa shape index (κ2) is 12.6. The number of rotatable bonds is 8. The van der Waals surface area contributed by atoms with E-state index >= 15 is 0 Å². The number of para-hydroxylation sites is 1. The number of aromatic nitrogens is 3. The van der Waals surface area contributed by atoms with E-state index < -0.39 is 5.79 Å². The third kappa shape index (κ3) is 6.47. The van der Waals surface area contributed by atoms with Crippen molar-refractivity contribution in [3.8, 4) is 11.5 Å². The van der Waals surface area contributed by atoms with Crippen molar-refractivity contribution in [3.63, 3.8) is 0 Å². The molecule has 218 valence electrons. The van der Waals surface area contributed by atoms with Crippen LogP contribution in [0.25, 0.3) is 0 Å². The highest BCUT2D eigenvalue weighted by molar-refractivity contribution is 6.35. The van der Waals surface area contributed by atoms with Crippen molar-refractivity contribution in [2.45, 2.75) is 18.4 Å². The van der Waals surface area contributed by atoms with Crippen LogP contribution in [0.1, 0.15) is 5.56 Å². The molecule has 42 heavy (non-hydrogen) atoms. The Morgan fingerprint density at radius 3 is 2.48 bits per heavy atom. The van der Waals surface area contributed by atoms with Crippen LogP contribution in [0.15, 0.2) is 85.5 Å². The summed E-state index contributed by atoms with van der Waals surface area (Å²) in [4.78, 5) is 20.5. The number of nitrogens with zero attached hydrogens (tertiary/aromatic N) is 5. The van der Waals surface area contributed by atoms with Gasteiger partial charge in [-0.2, -0.15) is 5.10 Å². The molecule has 1 aromatic heterocycles. The molecule has 2 atom stereocenters. The molecule has 3 aromatic carbocycles. The molecule has 0 radical (unpaired) electrons. The number of piperazine rings is 1. The highest BCUT2D eigenvalue weighted by atomic mass is 35.5. The van der Waals surface area contributed by atoms with Gasteiger partial charge in [-0.25, -0.2) is 14.5 Å². The zero-order chi connectivity index (χ0) is 28.9. The van der Waals surface area contributed by atoms with Gasteiger partial charge in [0.05, 0.1) is 11.6 Å². The van der Waals surface area contributed by atoms with Gasteiger partial charge in [-0.1, -0.05) is 47.5 Å². The molecule has 2 fully saturated rings. The number of carbonyl (C=O) groups is 1. The second-order valence-electron chi connectivity index (χ2n) is 9.98. The number of hydrogen-bond donors (Lipinski definition) is 0. The van der Waals surface area contributed by atoms with Crippen molar-refractivity contribution in [3.05, 3.63) is 101 Å². The molecule has 0 bridgehead atoms. The first kappa shape index (κ1) is 28.3. The predicted octanol–water partition coefficient (Wildman–Crippen LogP) is 5.25. The third-order valence-corrected chi connectivity index (χ3v) is 7.71. The summed E-state index contributed by atoms with van der Waals surface area (Å²) in [6.07, 6.45) is 2.38. The summed E-state index contributed by atoms with van der Waals surface area (Å²) in [5.74, 6) is 0.0959. The lowest BCUT2D eigenvalue weighted by Crippen LogP contribution is -2.49. The predicted molar refractivity (Wildman–Crippen MR) is 157 cm³/mol. The van der Waals surface area contributed by atoms with Gasteiger partial charge < -0.3 is 28.7 Å². The molecule has 0 spiro atoms. The van der Waals surface area contributed by atoms with Crippen LogP contribution in [0.4, 0.5) is 10.5 Å². The summed E-state index contributed by atoms with van der Waals surface area (Å²) in [6, 6.07) is 22.2. The number of carbonyl (C=O) groups excluding carboxylic acids is 1. The zero-order valence-corrected chi connectivity index (χ0v) is 24.2. The molecule has 0 aliphatic carbocycles. The summed E-state index contributed by atoms with van der Waals surface area (Å²) < 4.78 is 25.8.